The number of rotatable bonds is 8. The second-order valence-electron chi connectivity index (χ2n) is 7.00. The molecule has 0 fully saturated rings. The number of aliphatic hydroxyl groups is 1. The first-order valence-corrected chi connectivity index (χ1v) is 9.64. The molecule has 0 saturated heterocycles. The first-order valence-electron chi connectivity index (χ1n) is 9.64. The number of unbranched alkanes of at least 4 members (excludes halogenated alkanes) is 2. The maximum absolute atomic E-state index is 15.5. The first-order chi connectivity index (χ1) is 14.2. The molecule has 1 N–H and O–H groups in total. The van der Waals surface area contributed by atoms with E-state index in [2.05, 4.69) is 9.99 Å². The molecule has 1 aliphatic rings. The predicted octanol–water partition coefficient (Wildman–Crippen LogP) is 4.33. The lowest BCUT2D eigenvalue weighted by Crippen LogP contribution is -2.39. The quantitative estimate of drug-likeness (QED) is 0.383. The third-order valence-corrected chi connectivity index (χ3v) is 4.53. The van der Waals surface area contributed by atoms with Gasteiger partial charge in [-0.1, -0.05) is 42.6 Å². The number of aliphatic hydroxyl groups excluding tert-OH is 1. The Morgan fingerprint density at radius 3 is 2.43 bits per heavy atom. The topological polar surface area (TPSA) is 94.4 Å². The van der Waals surface area contributed by atoms with Crippen molar-refractivity contribution in [3.63, 3.8) is 0 Å². The third kappa shape index (κ3) is 5.25. The summed E-state index contributed by atoms with van der Waals surface area (Å²) in [6, 6.07) is 6.40. The average molecular weight is 419 g/mol. The van der Waals surface area contributed by atoms with Crippen LogP contribution in [0.1, 0.15) is 49.0 Å². The highest BCUT2D eigenvalue weighted by Gasteiger charge is 2.46. The monoisotopic (exact) mass is 419 g/mol. The van der Waals surface area contributed by atoms with Crippen molar-refractivity contribution in [2.45, 2.75) is 45.7 Å². The molecule has 162 valence electrons. The van der Waals surface area contributed by atoms with Crippen LogP contribution >= 0.6 is 0 Å². The number of aryl methyl sites for hydroxylation is 1. The highest BCUT2D eigenvalue weighted by atomic mass is 19.1. The summed E-state index contributed by atoms with van der Waals surface area (Å²) >= 11 is 0. The van der Waals surface area contributed by atoms with Crippen molar-refractivity contribution in [2.24, 2.45) is 5.16 Å². The van der Waals surface area contributed by atoms with Gasteiger partial charge in [-0.2, -0.15) is 0 Å². The van der Waals surface area contributed by atoms with E-state index in [0.717, 1.165) is 31.4 Å². The Bertz CT molecular complexity index is 883. The van der Waals surface area contributed by atoms with Gasteiger partial charge in [-0.3, -0.25) is 0 Å². The second-order valence-corrected chi connectivity index (χ2v) is 7.00. The summed E-state index contributed by atoms with van der Waals surface area (Å²) in [5.41, 5.74) is -2.17. The maximum Gasteiger partial charge on any atom is 0.343 e. The standard InChI is InChI=1S/C22H26FNO6/c1-5-6-7-12-29-21(27)16-13-17(24-28-4)22(3,23)19(18(16)25)30-20(26)15-10-8-14(2)9-11-15/h8-11,13,25H,5-7,12H2,1-4H3/t22-/m1/s1. The molecule has 1 atom stereocenters. The van der Waals surface area contributed by atoms with E-state index >= 15 is 4.39 Å². The number of oxime groups is 1. The fraction of sp³-hybridized carbons (Fsp3) is 0.409. The van der Waals surface area contributed by atoms with Crippen LogP contribution in [-0.4, -0.2) is 42.1 Å². The van der Waals surface area contributed by atoms with Crippen LogP contribution in [0.3, 0.4) is 0 Å². The van der Waals surface area contributed by atoms with E-state index in [1.165, 1.54) is 19.2 Å². The molecule has 0 saturated carbocycles. The highest BCUT2D eigenvalue weighted by Crippen LogP contribution is 2.35. The van der Waals surface area contributed by atoms with Crippen LogP contribution in [-0.2, 0) is 19.1 Å². The molecule has 0 bridgehead atoms. The molecule has 1 aromatic carbocycles. The minimum atomic E-state index is -2.52. The van der Waals surface area contributed by atoms with Gasteiger partial charge in [-0.25, -0.2) is 14.0 Å². The van der Waals surface area contributed by atoms with Crippen LogP contribution in [0.2, 0.25) is 0 Å². The number of nitrogens with zero attached hydrogens (tertiary/aromatic N) is 1. The van der Waals surface area contributed by atoms with Crippen LogP contribution in [0, 0.1) is 6.92 Å². The summed E-state index contributed by atoms with van der Waals surface area (Å²) in [6.07, 6.45) is 3.47. The van der Waals surface area contributed by atoms with Gasteiger partial charge in [0.05, 0.1) is 12.2 Å². The number of carbonyl (C=O) groups is 2. The van der Waals surface area contributed by atoms with Crippen molar-refractivity contribution < 1.29 is 33.4 Å². The van der Waals surface area contributed by atoms with Gasteiger partial charge in [0.15, 0.2) is 11.5 Å². The van der Waals surface area contributed by atoms with Gasteiger partial charge in [0, 0.05) is 0 Å². The zero-order chi connectivity index (χ0) is 22.3. The smallest absolute Gasteiger partial charge is 0.343 e. The number of ether oxygens (including phenoxy) is 2. The van der Waals surface area contributed by atoms with Crippen molar-refractivity contribution in [1.29, 1.82) is 0 Å². The molecule has 2 rings (SSSR count). The minimum absolute atomic E-state index is 0.138. The summed E-state index contributed by atoms with van der Waals surface area (Å²) < 4.78 is 25.8. The molecule has 0 spiro atoms. The highest BCUT2D eigenvalue weighted by molar-refractivity contribution is 6.12. The summed E-state index contributed by atoms with van der Waals surface area (Å²) in [6.45, 7) is 5.03. The SMILES string of the molecule is CCCCCOC(=O)C1=CC(=NOC)[C@@](C)(F)C(OC(=O)c2ccc(C)cc2)=C1O. The Labute approximate surface area is 174 Å². The normalized spacial score (nSPS) is 20.0. The van der Waals surface area contributed by atoms with E-state index in [9.17, 15) is 14.7 Å². The third-order valence-electron chi connectivity index (χ3n) is 4.53. The van der Waals surface area contributed by atoms with Crippen LogP contribution in [0.4, 0.5) is 4.39 Å². The van der Waals surface area contributed by atoms with E-state index in [-0.39, 0.29) is 23.5 Å². The zero-order valence-corrected chi connectivity index (χ0v) is 17.5. The van der Waals surface area contributed by atoms with Crippen LogP contribution in [0.25, 0.3) is 0 Å². The van der Waals surface area contributed by atoms with Gasteiger partial charge in [0.25, 0.3) is 0 Å². The number of hydrogen-bond acceptors (Lipinski definition) is 7. The number of halogens is 1. The summed E-state index contributed by atoms with van der Waals surface area (Å²) in [5, 5.41) is 14.1. The van der Waals surface area contributed by atoms with Crippen molar-refractivity contribution in [3.8, 4) is 0 Å². The number of benzene rings is 1. The number of esters is 2. The maximum atomic E-state index is 15.5. The van der Waals surface area contributed by atoms with Gasteiger partial charge in [0.2, 0.25) is 5.67 Å². The molecule has 0 amide bonds. The summed E-state index contributed by atoms with van der Waals surface area (Å²) in [4.78, 5) is 29.6. The predicted molar refractivity (Wildman–Crippen MR) is 109 cm³/mol. The summed E-state index contributed by atoms with van der Waals surface area (Å²) in [5.74, 6) is -3.36. The molecular weight excluding hydrogens is 393 g/mol. The van der Waals surface area contributed by atoms with Crippen molar-refractivity contribution in [2.75, 3.05) is 13.7 Å². The van der Waals surface area contributed by atoms with Crippen LogP contribution in [0.5, 0.6) is 0 Å². The van der Waals surface area contributed by atoms with E-state index in [1.54, 1.807) is 12.1 Å². The fourth-order valence-electron chi connectivity index (χ4n) is 2.75. The average Bonchev–Trinajstić information content (AvgIpc) is 2.71. The number of carbonyl (C=O) groups excluding carboxylic acids is 2. The van der Waals surface area contributed by atoms with E-state index < -0.39 is 29.1 Å². The molecular formula is C22H26FNO6. The lowest BCUT2D eigenvalue weighted by atomic mass is 9.89. The van der Waals surface area contributed by atoms with Gasteiger partial charge < -0.3 is 19.4 Å². The van der Waals surface area contributed by atoms with Gasteiger partial charge >= 0.3 is 11.9 Å². The molecule has 8 heteroatoms. The molecule has 0 heterocycles. The lowest BCUT2D eigenvalue weighted by Gasteiger charge is -2.28. The first kappa shape index (κ1) is 23.1. The zero-order valence-electron chi connectivity index (χ0n) is 17.5. The van der Waals surface area contributed by atoms with E-state index in [4.69, 9.17) is 9.47 Å². The van der Waals surface area contributed by atoms with Gasteiger partial charge in [-0.15, -0.1) is 0 Å². The molecule has 0 radical (unpaired) electrons. The van der Waals surface area contributed by atoms with Crippen molar-refractivity contribution in [1.82, 2.24) is 0 Å². The van der Waals surface area contributed by atoms with E-state index in [0.29, 0.717) is 6.42 Å². The molecule has 0 aromatic heterocycles. The Kier molecular flexibility index (Phi) is 7.74. The van der Waals surface area contributed by atoms with Crippen LogP contribution in [0.15, 0.2) is 52.6 Å². The Morgan fingerprint density at radius 2 is 1.83 bits per heavy atom. The molecule has 1 aromatic rings. The molecule has 1 aliphatic carbocycles. The van der Waals surface area contributed by atoms with Gasteiger partial charge in [-0.05, 0) is 38.5 Å². The molecule has 30 heavy (non-hydrogen) atoms. The molecule has 7 nitrogen and oxygen atoms in total. The fourth-order valence-corrected chi connectivity index (χ4v) is 2.75. The molecule has 0 aliphatic heterocycles. The number of hydrogen-bond donors (Lipinski definition) is 1. The van der Waals surface area contributed by atoms with Crippen LogP contribution < -0.4 is 0 Å². The lowest BCUT2D eigenvalue weighted by molar-refractivity contribution is -0.139. The molecule has 0 unspecified atom stereocenters. The van der Waals surface area contributed by atoms with Crippen molar-refractivity contribution >= 4 is 17.7 Å². The van der Waals surface area contributed by atoms with Crippen molar-refractivity contribution in [3.05, 3.63) is 58.6 Å². The second kappa shape index (κ2) is 10.0. The number of alkyl halides is 1. The Balaban J connectivity index is 2.36. The van der Waals surface area contributed by atoms with Gasteiger partial charge in [0.1, 0.15) is 18.4 Å². The number of allylic oxidation sites excluding steroid dienone is 2. The summed E-state index contributed by atoms with van der Waals surface area (Å²) in [7, 11) is 1.20. The van der Waals surface area contributed by atoms with E-state index in [1.807, 2.05) is 13.8 Å². The Morgan fingerprint density at radius 1 is 1.17 bits per heavy atom. The minimum Gasteiger partial charge on any atom is -0.504 e. The Hall–Kier alpha value is -3.16. The largest absolute Gasteiger partial charge is 0.504 e.